The van der Waals surface area contributed by atoms with Crippen molar-refractivity contribution in [2.24, 2.45) is 0 Å². The first-order valence-corrected chi connectivity index (χ1v) is 6.95. The van der Waals surface area contributed by atoms with Crippen LogP contribution in [0.4, 0.5) is 0 Å². The van der Waals surface area contributed by atoms with Gasteiger partial charge in [-0.2, -0.15) is 0 Å². The lowest BCUT2D eigenvalue weighted by Gasteiger charge is -2.23. The van der Waals surface area contributed by atoms with Crippen LogP contribution in [0.1, 0.15) is 31.9 Å². The Morgan fingerprint density at radius 3 is 2.74 bits per heavy atom. The van der Waals surface area contributed by atoms with Crippen LogP contribution in [-0.2, 0) is 4.79 Å². The molecule has 0 bridgehead atoms. The zero-order valence-corrected chi connectivity index (χ0v) is 12.1. The van der Waals surface area contributed by atoms with E-state index in [1.54, 1.807) is 0 Å². The fourth-order valence-electron chi connectivity index (χ4n) is 2.09. The van der Waals surface area contributed by atoms with Crippen LogP contribution in [-0.4, -0.2) is 19.0 Å². The van der Waals surface area contributed by atoms with Gasteiger partial charge < -0.3 is 10.6 Å². The molecular formula is C15H19ClN2O. The van der Waals surface area contributed by atoms with Crippen LogP contribution in [0, 0.1) is 0 Å². The van der Waals surface area contributed by atoms with Crippen LogP contribution < -0.4 is 10.6 Å². The summed E-state index contributed by atoms with van der Waals surface area (Å²) in [6.07, 6.45) is 0.840. The quantitative estimate of drug-likeness (QED) is 0.832. The molecule has 3 nitrogen and oxygen atoms in total. The molecule has 1 unspecified atom stereocenters. The predicted octanol–water partition coefficient (Wildman–Crippen LogP) is 2.83. The predicted molar refractivity (Wildman–Crippen MR) is 78.2 cm³/mol. The Balaban J connectivity index is 2.09. The van der Waals surface area contributed by atoms with Gasteiger partial charge in [0.1, 0.15) is 0 Å². The highest BCUT2D eigenvalue weighted by molar-refractivity contribution is 6.30. The Morgan fingerprint density at radius 1 is 1.47 bits per heavy atom. The highest BCUT2D eigenvalue weighted by Gasteiger charge is 2.19. The molecular weight excluding hydrogens is 260 g/mol. The summed E-state index contributed by atoms with van der Waals surface area (Å²) in [5.41, 5.74) is 3.07. The standard InChI is InChI=1S/C15H19ClN2O/c1-3-14(11-5-4-6-13(16)7-11)18-15(19)10(2)12-8-17-9-12/h4-7,14,17H,3,8-9H2,1-2H3,(H,18,19). The van der Waals surface area contributed by atoms with Gasteiger partial charge in [-0.05, 0) is 36.6 Å². The van der Waals surface area contributed by atoms with Crippen molar-refractivity contribution in [1.29, 1.82) is 0 Å². The first-order chi connectivity index (χ1) is 9.11. The van der Waals surface area contributed by atoms with Gasteiger partial charge >= 0.3 is 0 Å². The second-order valence-electron chi connectivity index (χ2n) is 4.82. The van der Waals surface area contributed by atoms with Crippen molar-refractivity contribution in [3.8, 4) is 0 Å². The summed E-state index contributed by atoms with van der Waals surface area (Å²) < 4.78 is 0. The van der Waals surface area contributed by atoms with Crippen LogP contribution >= 0.6 is 11.6 Å². The summed E-state index contributed by atoms with van der Waals surface area (Å²) in [7, 11) is 0. The molecule has 1 heterocycles. The van der Waals surface area contributed by atoms with Crippen LogP contribution in [0.5, 0.6) is 0 Å². The highest BCUT2D eigenvalue weighted by atomic mass is 35.5. The van der Waals surface area contributed by atoms with Gasteiger partial charge in [0.05, 0.1) is 6.04 Å². The molecule has 1 aliphatic rings. The van der Waals surface area contributed by atoms with Crippen molar-refractivity contribution in [2.75, 3.05) is 13.1 Å². The number of benzene rings is 1. The number of hydrogen-bond acceptors (Lipinski definition) is 2. The zero-order valence-electron chi connectivity index (χ0n) is 11.3. The average Bonchev–Trinajstić information content (AvgIpc) is 2.33. The topological polar surface area (TPSA) is 41.1 Å². The lowest BCUT2D eigenvalue weighted by molar-refractivity contribution is -0.118. The van der Waals surface area contributed by atoms with Gasteiger partial charge in [-0.15, -0.1) is 0 Å². The summed E-state index contributed by atoms with van der Waals surface area (Å²) >= 11 is 6.00. The molecule has 4 heteroatoms. The number of halogens is 1. The molecule has 0 radical (unpaired) electrons. The van der Waals surface area contributed by atoms with Gasteiger partial charge in [0.2, 0.25) is 5.91 Å². The average molecular weight is 279 g/mol. The molecule has 2 rings (SSSR count). The third-order valence-corrected chi connectivity index (χ3v) is 3.75. The highest BCUT2D eigenvalue weighted by Crippen LogP contribution is 2.21. The summed E-state index contributed by atoms with van der Waals surface area (Å²) in [5, 5.41) is 6.92. The molecule has 0 saturated carbocycles. The SMILES string of the molecule is CCC(NC(=O)C(C)=C1CNC1)c1cccc(Cl)c1. The Hall–Kier alpha value is -1.32. The van der Waals surface area contributed by atoms with E-state index >= 15 is 0 Å². The summed E-state index contributed by atoms with van der Waals surface area (Å²) in [6, 6.07) is 7.66. The molecule has 1 fully saturated rings. The molecule has 0 aromatic heterocycles. The van der Waals surface area contributed by atoms with E-state index in [4.69, 9.17) is 11.6 Å². The van der Waals surface area contributed by atoms with Crippen molar-refractivity contribution >= 4 is 17.5 Å². The molecule has 102 valence electrons. The lowest BCUT2D eigenvalue weighted by Crippen LogP contribution is -2.38. The van der Waals surface area contributed by atoms with Crippen LogP contribution in [0.15, 0.2) is 35.4 Å². The fourth-order valence-corrected chi connectivity index (χ4v) is 2.29. The third-order valence-electron chi connectivity index (χ3n) is 3.51. The first kappa shape index (κ1) is 14.1. The molecule has 2 N–H and O–H groups in total. The number of carbonyl (C=O) groups is 1. The van der Waals surface area contributed by atoms with Crippen LogP contribution in [0.25, 0.3) is 0 Å². The van der Waals surface area contributed by atoms with E-state index in [0.29, 0.717) is 5.02 Å². The van der Waals surface area contributed by atoms with Crippen molar-refractivity contribution < 1.29 is 4.79 Å². The maximum Gasteiger partial charge on any atom is 0.247 e. The molecule has 1 aromatic carbocycles. The maximum absolute atomic E-state index is 12.2. The van der Waals surface area contributed by atoms with E-state index < -0.39 is 0 Å². The molecule has 1 amide bonds. The molecule has 1 aliphatic heterocycles. The Kier molecular flexibility index (Phi) is 4.61. The van der Waals surface area contributed by atoms with E-state index in [9.17, 15) is 4.79 Å². The minimum absolute atomic E-state index is 0.00906. The van der Waals surface area contributed by atoms with Crippen molar-refractivity contribution in [1.82, 2.24) is 10.6 Å². The minimum atomic E-state index is 0.00906. The van der Waals surface area contributed by atoms with Crippen LogP contribution in [0.3, 0.4) is 0 Å². The number of hydrogen-bond donors (Lipinski definition) is 2. The van der Waals surface area contributed by atoms with E-state index in [1.165, 1.54) is 5.57 Å². The van der Waals surface area contributed by atoms with E-state index in [1.807, 2.05) is 31.2 Å². The largest absolute Gasteiger partial charge is 0.346 e. The summed E-state index contributed by atoms with van der Waals surface area (Å²) in [6.45, 7) is 5.59. The smallest absolute Gasteiger partial charge is 0.247 e. The van der Waals surface area contributed by atoms with E-state index in [2.05, 4.69) is 17.6 Å². The lowest BCUT2D eigenvalue weighted by atomic mass is 10.0. The van der Waals surface area contributed by atoms with E-state index in [0.717, 1.165) is 30.6 Å². The van der Waals surface area contributed by atoms with Gasteiger partial charge in [0, 0.05) is 23.7 Å². The maximum atomic E-state index is 12.2. The minimum Gasteiger partial charge on any atom is -0.346 e. The van der Waals surface area contributed by atoms with Gasteiger partial charge in [-0.3, -0.25) is 4.79 Å². The molecule has 0 spiro atoms. The van der Waals surface area contributed by atoms with Crippen molar-refractivity contribution in [2.45, 2.75) is 26.3 Å². The number of nitrogens with one attached hydrogen (secondary N) is 2. The Labute approximate surface area is 119 Å². The monoisotopic (exact) mass is 278 g/mol. The first-order valence-electron chi connectivity index (χ1n) is 6.57. The Morgan fingerprint density at radius 2 is 2.21 bits per heavy atom. The second-order valence-corrected chi connectivity index (χ2v) is 5.26. The Bertz CT molecular complexity index is 505. The number of carbonyl (C=O) groups excluding carboxylic acids is 1. The summed E-state index contributed by atoms with van der Waals surface area (Å²) in [5.74, 6) is 0.0170. The van der Waals surface area contributed by atoms with Crippen molar-refractivity contribution in [3.05, 3.63) is 46.0 Å². The molecule has 1 atom stereocenters. The van der Waals surface area contributed by atoms with Crippen molar-refractivity contribution in [3.63, 3.8) is 0 Å². The number of amides is 1. The van der Waals surface area contributed by atoms with Crippen LogP contribution in [0.2, 0.25) is 5.02 Å². The van der Waals surface area contributed by atoms with Gasteiger partial charge in [-0.1, -0.05) is 30.7 Å². The zero-order chi connectivity index (χ0) is 13.8. The molecule has 1 saturated heterocycles. The molecule has 0 aliphatic carbocycles. The summed E-state index contributed by atoms with van der Waals surface area (Å²) in [4.78, 5) is 12.2. The third kappa shape index (κ3) is 3.37. The fraction of sp³-hybridized carbons (Fsp3) is 0.400. The molecule has 19 heavy (non-hydrogen) atoms. The van der Waals surface area contributed by atoms with Gasteiger partial charge in [0.15, 0.2) is 0 Å². The normalized spacial score (nSPS) is 15.6. The molecule has 1 aromatic rings. The van der Waals surface area contributed by atoms with Gasteiger partial charge in [-0.25, -0.2) is 0 Å². The van der Waals surface area contributed by atoms with Gasteiger partial charge in [0.25, 0.3) is 0 Å². The number of rotatable bonds is 4. The van der Waals surface area contributed by atoms with E-state index in [-0.39, 0.29) is 11.9 Å². The second kappa shape index (κ2) is 6.22.